The molecule has 2 atom stereocenters. The molecule has 0 saturated carbocycles. The molecular formula is C15H18N2O3S. The van der Waals surface area contributed by atoms with Gasteiger partial charge in [0.1, 0.15) is 0 Å². The van der Waals surface area contributed by atoms with Gasteiger partial charge in [0.05, 0.1) is 28.9 Å². The van der Waals surface area contributed by atoms with Crippen molar-refractivity contribution in [2.45, 2.75) is 37.6 Å². The Morgan fingerprint density at radius 2 is 2.38 bits per heavy atom. The van der Waals surface area contributed by atoms with Crippen molar-refractivity contribution in [2.75, 3.05) is 12.4 Å². The van der Waals surface area contributed by atoms with Crippen LogP contribution in [-0.4, -0.2) is 39.1 Å². The summed E-state index contributed by atoms with van der Waals surface area (Å²) in [6.07, 6.45) is 1.05. The first-order valence-corrected chi connectivity index (χ1v) is 7.99. The van der Waals surface area contributed by atoms with Gasteiger partial charge >= 0.3 is 5.97 Å². The molecule has 0 aliphatic carbocycles. The Labute approximate surface area is 127 Å². The van der Waals surface area contributed by atoms with E-state index in [0.717, 1.165) is 34.8 Å². The number of thioether (sulfide) groups is 1. The molecule has 1 aliphatic rings. The fraction of sp³-hybridized carbons (Fsp3) is 0.467. The lowest BCUT2D eigenvalue weighted by molar-refractivity contribution is -0.133. The van der Waals surface area contributed by atoms with E-state index in [2.05, 4.69) is 28.6 Å². The summed E-state index contributed by atoms with van der Waals surface area (Å²) in [6, 6.07) is 6.38. The Morgan fingerprint density at radius 3 is 3.05 bits per heavy atom. The van der Waals surface area contributed by atoms with Crippen LogP contribution in [0.15, 0.2) is 23.4 Å². The number of fused-ring (bicyclic) bond motifs is 1. The molecule has 1 aliphatic heterocycles. The quantitative estimate of drug-likeness (QED) is 0.880. The largest absolute Gasteiger partial charge is 0.481 e. The van der Waals surface area contributed by atoms with Crippen molar-refractivity contribution in [3.8, 4) is 0 Å². The third-order valence-electron chi connectivity index (χ3n) is 3.81. The van der Waals surface area contributed by atoms with Crippen LogP contribution < -0.4 is 0 Å². The number of ether oxygens (including phenoxy) is 1. The SMILES string of the molecule is Cc1ccc2c(c1)nc(SCC(=O)O)n2C1CCOC1C. The van der Waals surface area contributed by atoms with Gasteiger partial charge in [-0.1, -0.05) is 17.8 Å². The second kappa shape index (κ2) is 5.69. The van der Waals surface area contributed by atoms with Crippen LogP contribution in [0.4, 0.5) is 0 Å². The maximum absolute atomic E-state index is 10.9. The molecule has 112 valence electrons. The lowest BCUT2D eigenvalue weighted by Gasteiger charge is -2.19. The summed E-state index contributed by atoms with van der Waals surface area (Å²) < 4.78 is 7.82. The fourth-order valence-corrected chi connectivity index (χ4v) is 3.58. The average molecular weight is 306 g/mol. The van der Waals surface area contributed by atoms with Crippen molar-refractivity contribution in [3.63, 3.8) is 0 Å². The molecular weight excluding hydrogens is 288 g/mol. The zero-order valence-corrected chi connectivity index (χ0v) is 12.9. The summed E-state index contributed by atoms with van der Waals surface area (Å²) in [4.78, 5) is 15.5. The van der Waals surface area contributed by atoms with E-state index in [-0.39, 0.29) is 17.9 Å². The summed E-state index contributed by atoms with van der Waals surface area (Å²) in [5, 5.41) is 9.68. The molecule has 5 nitrogen and oxygen atoms in total. The van der Waals surface area contributed by atoms with Gasteiger partial charge in [0.2, 0.25) is 0 Å². The van der Waals surface area contributed by atoms with Gasteiger partial charge in [-0.3, -0.25) is 4.79 Å². The lowest BCUT2D eigenvalue weighted by atomic mass is 10.1. The van der Waals surface area contributed by atoms with Crippen molar-refractivity contribution in [1.29, 1.82) is 0 Å². The second-order valence-electron chi connectivity index (χ2n) is 5.37. The molecule has 0 radical (unpaired) electrons. The highest BCUT2D eigenvalue weighted by Crippen LogP contribution is 2.34. The molecule has 3 rings (SSSR count). The number of carboxylic acid groups (broad SMARTS) is 1. The minimum atomic E-state index is -0.828. The van der Waals surface area contributed by atoms with Crippen molar-refractivity contribution < 1.29 is 14.6 Å². The van der Waals surface area contributed by atoms with Gasteiger partial charge < -0.3 is 14.4 Å². The van der Waals surface area contributed by atoms with E-state index < -0.39 is 5.97 Å². The average Bonchev–Trinajstić information content (AvgIpc) is 2.98. The standard InChI is InChI=1S/C15H18N2O3S/c1-9-3-4-13-11(7-9)16-15(21-8-14(18)19)17(13)12-5-6-20-10(12)2/h3-4,7,10,12H,5-6,8H2,1-2H3,(H,18,19). The Balaban J connectivity index is 2.08. The number of hydrogen-bond donors (Lipinski definition) is 1. The summed E-state index contributed by atoms with van der Waals surface area (Å²) in [7, 11) is 0. The van der Waals surface area contributed by atoms with E-state index in [1.807, 2.05) is 13.0 Å². The molecule has 2 aromatic rings. The monoisotopic (exact) mass is 306 g/mol. The van der Waals surface area contributed by atoms with Crippen LogP contribution in [0.2, 0.25) is 0 Å². The first-order chi connectivity index (χ1) is 10.1. The predicted molar refractivity (Wildman–Crippen MR) is 81.9 cm³/mol. The third-order valence-corrected chi connectivity index (χ3v) is 4.74. The summed E-state index contributed by atoms with van der Waals surface area (Å²) in [5.74, 6) is -0.810. The van der Waals surface area contributed by atoms with Crippen LogP contribution in [0.1, 0.15) is 24.9 Å². The molecule has 1 aromatic carbocycles. The molecule has 2 heterocycles. The summed E-state index contributed by atoms with van der Waals surface area (Å²) >= 11 is 1.27. The van der Waals surface area contributed by atoms with E-state index >= 15 is 0 Å². The molecule has 0 amide bonds. The minimum Gasteiger partial charge on any atom is -0.481 e. The molecule has 1 N–H and O–H groups in total. The van der Waals surface area contributed by atoms with Gasteiger partial charge in [-0.15, -0.1) is 0 Å². The van der Waals surface area contributed by atoms with Gasteiger partial charge in [-0.25, -0.2) is 4.98 Å². The number of carboxylic acids is 1. The number of benzene rings is 1. The van der Waals surface area contributed by atoms with Gasteiger partial charge in [-0.2, -0.15) is 0 Å². The molecule has 1 fully saturated rings. The Kier molecular flexibility index (Phi) is 3.91. The lowest BCUT2D eigenvalue weighted by Crippen LogP contribution is -2.18. The smallest absolute Gasteiger partial charge is 0.313 e. The molecule has 1 saturated heterocycles. The predicted octanol–water partition coefficient (Wildman–Crippen LogP) is 2.87. The van der Waals surface area contributed by atoms with Gasteiger partial charge in [0.25, 0.3) is 0 Å². The zero-order chi connectivity index (χ0) is 15.0. The Morgan fingerprint density at radius 1 is 1.57 bits per heavy atom. The van der Waals surface area contributed by atoms with E-state index in [0.29, 0.717) is 0 Å². The van der Waals surface area contributed by atoms with Crippen LogP contribution in [0.3, 0.4) is 0 Å². The third kappa shape index (κ3) is 2.78. The number of carbonyl (C=O) groups is 1. The van der Waals surface area contributed by atoms with Gasteiger partial charge in [-0.05, 0) is 38.0 Å². The highest BCUT2D eigenvalue weighted by Gasteiger charge is 2.29. The van der Waals surface area contributed by atoms with E-state index in [4.69, 9.17) is 9.84 Å². The first kappa shape index (κ1) is 14.4. The van der Waals surface area contributed by atoms with Crippen molar-refractivity contribution in [2.24, 2.45) is 0 Å². The number of rotatable bonds is 4. The summed E-state index contributed by atoms with van der Waals surface area (Å²) in [6.45, 7) is 4.83. The van der Waals surface area contributed by atoms with Gasteiger partial charge in [0.15, 0.2) is 5.16 Å². The number of hydrogen-bond acceptors (Lipinski definition) is 4. The number of aliphatic carboxylic acids is 1. The molecule has 2 unspecified atom stereocenters. The van der Waals surface area contributed by atoms with Crippen LogP contribution in [-0.2, 0) is 9.53 Å². The maximum atomic E-state index is 10.9. The zero-order valence-electron chi connectivity index (χ0n) is 12.1. The Bertz CT molecular complexity index is 683. The number of aromatic nitrogens is 2. The van der Waals surface area contributed by atoms with Gasteiger partial charge in [0, 0.05) is 6.61 Å². The molecule has 0 bridgehead atoms. The normalized spacial score (nSPS) is 22.0. The van der Waals surface area contributed by atoms with Crippen molar-refractivity contribution in [3.05, 3.63) is 23.8 Å². The molecule has 1 aromatic heterocycles. The van der Waals surface area contributed by atoms with E-state index in [1.54, 1.807) is 0 Å². The highest BCUT2D eigenvalue weighted by molar-refractivity contribution is 7.99. The van der Waals surface area contributed by atoms with E-state index in [1.165, 1.54) is 11.8 Å². The molecule has 6 heteroatoms. The van der Waals surface area contributed by atoms with Crippen molar-refractivity contribution in [1.82, 2.24) is 9.55 Å². The molecule has 0 spiro atoms. The number of imidazole rings is 1. The fourth-order valence-electron chi connectivity index (χ4n) is 2.79. The van der Waals surface area contributed by atoms with Crippen LogP contribution >= 0.6 is 11.8 Å². The van der Waals surface area contributed by atoms with Crippen LogP contribution in [0.25, 0.3) is 11.0 Å². The number of aryl methyl sites for hydroxylation is 1. The second-order valence-corrected chi connectivity index (χ2v) is 6.31. The number of nitrogens with zero attached hydrogens (tertiary/aromatic N) is 2. The van der Waals surface area contributed by atoms with E-state index in [9.17, 15) is 4.79 Å². The minimum absolute atomic E-state index is 0.0181. The molecule has 21 heavy (non-hydrogen) atoms. The first-order valence-electron chi connectivity index (χ1n) is 7.01. The summed E-state index contributed by atoms with van der Waals surface area (Å²) in [5.41, 5.74) is 3.12. The van der Waals surface area contributed by atoms with Crippen molar-refractivity contribution >= 4 is 28.8 Å². The maximum Gasteiger partial charge on any atom is 0.313 e. The topological polar surface area (TPSA) is 64.3 Å². The Hall–Kier alpha value is -1.53. The van der Waals surface area contributed by atoms with Crippen LogP contribution in [0.5, 0.6) is 0 Å². The highest BCUT2D eigenvalue weighted by atomic mass is 32.2. The van der Waals surface area contributed by atoms with Crippen LogP contribution in [0, 0.1) is 6.92 Å².